The quantitative estimate of drug-likeness (QED) is 0.709. The molecule has 0 saturated carbocycles. The van der Waals surface area contributed by atoms with Crippen LogP contribution in [0.15, 0.2) is 30.9 Å². The predicted octanol–water partition coefficient (Wildman–Crippen LogP) is 0.982. The second kappa shape index (κ2) is 7.34. The SMILES string of the molecule is C=CCOc1c(OC)cccc1C(=O)NCCO. The molecule has 1 amide bonds. The normalized spacial score (nSPS) is 9.67. The smallest absolute Gasteiger partial charge is 0.255 e. The molecule has 0 fully saturated rings. The van der Waals surface area contributed by atoms with Crippen LogP contribution in [0, 0.1) is 0 Å². The van der Waals surface area contributed by atoms with Gasteiger partial charge in [0.25, 0.3) is 5.91 Å². The summed E-state index contributed by atoms with van der Waals surface area (Å²) in [6, 6.07) is 5.04. The third-order valence-electron chi connectivity index (χ3n) is 2.19. The highest BCUT2D eigenvalue weighted by molar-refractivity contribution is 5.97. The van der Waals surface area contributed by atoms with Gasteiger partial charge in [0.05, 0.1) is 19.3 Å². The van der Waals surface area contributed by atoms with Crippen molar-refractivity contribution in [3.05, 3.63) is 36.4 Å². The van der Waals surface area contributed by atoms with E-state index in [0.717, 1.165) is 0 Å². The number of aliphatic hydroxyl groups is 1. The van der Waals surface area contributed by atoms with Gasteiger partial charge in [-0.2, -0.15) is 0 Å². The van der Waals surface area contributed by atoms with Crippen LogP contribution >= 0.6 is 0 Å². The largest absolute Gasteiger partial charge is 0.493 e. The standard InChI is InChI=1S/C13H17NO4/c1-3-9-18-12-10(13(16)14-7-8-15)5-4-6-11(12)17-2/h3-6,15H,1,7-9H2,2H3,(H,14,16). The number of carbonyl (C=O) groups is 1. The Balaban J connectivity index is 3.00. The van der Waals surface area contributed by atoms with Gasteiger partial charge in [-0.25, -0.2) is 0 Å². The molecule has 0 aromatic heterocycles. The van der Waals surface area contributed by atoms with E-state index >= 15 is 0 Å². The van der Waals surface area contributed by atoms with Crippen molar-refractivity contribution in [2.75, 3.05) is 26.9 Å². The van der Waals surface area contributed by atoms with Crippen LogP contribution in [0.2, 0.25) is 0 Å². The van der Waals surface area contributed by atoms with Crippen LogP contribution in [-0.4, -0.2) is 37.9 Å². The topological polar surface area (TPSA) is 67.8 Å². The molecule has 98 valence electrons. The molecule has 0 saturated heterocycles. The maximum atomic E-state index is 11.9. The predicted molar refractivity (Wildman–Crippen MR) is 68.1 cm³/mol. The Morgan fingerprint density at radius 3 is 2.94 bits per heavy atom. The van der Waals surface area contributed by atoms with Crippen LogP contribution in [0.3, 0.4) is 0 Å². The third kappa shape index (κ3) is 3.49. The molecule has 1 rings (SSSR count). The first-order valence-corrected chi connectivity index (χ1v) is 5.54. The van der Waals surface area contributed by atoms with E-state index in [1.807, 2.05) is 0 Å². The van der Waals surface area contributed by atoms with Gasteiger partial charge in [0.2, 0.25) is 0 Å². The number of nitrogens with one attached hydrogen (secondary N) is 1. The minimum absolute atomic E-state index is 0.113. The van der Waals surface area contributed by atoms with E-state index in [9.17, 15) is 4.79 Å². The van der Waals surface area contributed by atoms with Gasteiger partial charge < -0.3 is 19.9 Å². The molecule has 0 radical (unpaired) electrons. The van der Waals surface area contributed by atoms with Crippen LogP contribution in [0.25, 0.3) is 0 Å². The zero-order chi connectivity index (χ0) is 13.4. The fourth-order valence-corrected chi connectivity index (χ4v) is 1.41. The number of para-hydroxylation sites is 1. The minimum Gasteiger partial charge on any atom is -0.493 e. The summed E-state index contributed by atoms with van der Waals surface area (Å²) in [5.41, 5.74) is 0.365. The molecule has 5 heteroatoms. The van der Waals surface area contributed by atoms with Crippen LogP contribution in [0.1, 0.15) is 10.4 Å². The van der Waals surface area contributed by atoms with Crippen molar-refractivity contribution >= 4 is 5.91 Å². The van der Waals surface area contributed by atoms with Crippen molar-refractivity contribution in [2.45, 2.75) is 0 Å². The van der Waals surface area contributed by atoms with Crippen LogP contribution in [0.5, 0.6) is 11.5 Å². The number of benzene rings is 1. The number of rotatable bonds is 7. The van der Waals surface area contributed by atoms with Gasteiger partial charge >= 0.3 is 0 Å². The first kappa shape index (κ1) is 14.1. The highest BCUT2D eigenvalue weighted by atomic mass is 16.5. The van der Waals surface area contributed by atoms with E-state index in [-0.39, 0.29) is 25.7 Å². The fraction of sp³-hybridized carbons (Fsp3) is 0.308. The summed E-state index contributed by atoms with van der Waals surface area (Å²) in [5.74, 6) is 0.533. The molecule has 0 aliphatic carbocycles. The van der Waals surface area contributed by atoms with Crippen LogP contribution < -0.4 is 14.8 Å². The molecule has 1 aromatic carbocycles. The van der Waals surface area contributed by atoms with E-state index < -0.39 is 0 Å². The van der Waals surface area contributed by atoms with E-state index in [4.69, 9.17) is 14.6 Å². The Kier molecular flexibility index (Phi) is 5.73. The Hall–Kier alpha value is -2.01. The van der Waals surface area contributed by atoms with Gasteiger partial charge in [-0.1, -0.05) is 18.7 Å². The molecular weight excluding hydrogens is 234 g/mol. The molecule has 1 aromatic rings. The highest BCUT2D eigenvalue weighted by Crippen LogP contribution is 2.31. The summed E-state index contributed by atoms with van der Waals surface area (Å²) in [7, 11) is 1.51. The summed E-state index contributed by atoms with van der Waals surface area (Å²) < 4.78 is 10.6. The number of amides is 1. The van der Waals surface area contributed by atoms with Crippen molar-refractivity contribution in [1.82, 2.24) is 5.32 Å². The maximum Gasteiger partial charge on any atom is 0.255 e. The van der Waals surface area contributed by atoms with Crippen molar-refractivity contribution in [3.8, 4) is 11.5 Å². The molecule has 18 heavy (non-hydrogen) atoms. The average molecular weight is 251 g/mol. The summed E-state index contributed by atoms with van der Waals surface area (Å²) in [6.45, 7) is 3.91. The molecule has 0 unspecified atom stereocenters. The average Bonchev–Trinajstić information content (AvgIpc) is 2.41. The third-order valence-corrected chi connectivity index (χ3v) is 2.19. The van der Waals surface area contributed by atoms with Crippen LogP contribution in [-0.2, 0) is 0 Å². The van der Waals surface area contributed by atoms with E-state index in [1.54, 1.807) is 24.3 Å². The Morgan fingerprint density at radius 2 is 2.33 bits per heavy atom. The van der Waals surface area contributed by atoms with Gasteiger partial charge in [-0.15, -0.1) is 0 Å². The van der Waals surface area contributed by atoms with E-state index in [2.05, 4.69) is 11.9 Å². The van der Waals surface area contributed by atoms with Gasteiger partial charge in [-0.05, 0) is 12.1 Å². The van der Waals surface area contributed by atoms with Crippen molar-refractivity contribution in [2.24, 2.45) is 0 Å². The Labute approximate surface area is 106 Å². The molecule has 5 nitrogen and oxygen atoms in total. The number of carbonyl (C=O) groups excluding carboxylic acids is 1. The molecule has 0 heterocycles. The van der Waals surface area contributed by atoms with Gasteiger partial charge in [0.1, 0.15) is 6.61 Å². The Bertz CT molecular complexity index is 417. The lowest BCUT2D eigenvalue weighted by Crippen LogP contribution is -2.27. The summed E-state index contributed by atoms with van der Waals surface area (Å²) in [6.07, 6.45) is 1.59. The number of aliphatic hydroxyl groups excluding tert-OH is 1. The number of hydrogen-bond donors (Lipinski definition) is 2. The molecule has 0 bridgehead atoms. The van der Waals surface area contributed by atoms with Gasteiger partial charge in [0.15, 0.2) is 11.5 Å². The van der Waals surface area contributed by atoms with Crippen molar-refractivity contribution in [1.29, 1.82) is 0 Å². The molecule has 0 atom stereocenters. The Morgan fingerprint density at radius 1 is 1.56 bits per heavy atom. The summed E-state index contributed by atoms with van der Waals surface area (Å²) in [4.78, 5) is 11.9. The lowest BCUT2D eigenvalue weighted by molar-refractivity contribution is 0.0940. The van der Waals surface area contributed by atoms with E-state index in [1.165, 1.54) is 7.11 Å². The molecule has 0 aliphatic heterocycles. The lowest BCUT2D eigenvalue weighted by atomic mass is 10.1. The van der Waals surface area contributed by atoms with E-state index in [0.29, 0.717) is 17.1 Å². The highest BCUT2D eigenvalue weighted by Gasteiger charge is 2.16. The fourth-order valence-electron chi connectivity index (χ4n) is 1.41. The monoisotopic (exact) mass is 251 g/mol. The molecule has 0 aliphatic rings. The number of hydrogen-bond acceptors (Lipinski definition) is 4. The maximum absolute atomic E-state index is 11.9. The summed E-state index contributed by atoms with van der Waals surface area (Å²) in [5, 5.41) is 11.3. The van der Waals surface area contributed by atoms with Crippen LogP contribution in [0.4, 0.5) is 0 Å². The first-order valence-electron chi connectivity index (χ1n) is 5.54. The lowest BCUT2D eigenvalue weighted by Gasteiger charge is -2.13. The summed E-state index contributed by atoms with van der Waals surface area (Å²) >= 11 is 0. The molecule has 0 spiro atoms. The van der Waals surface area contributed by atoms with Crippen molar-refractivity contribution < 1.29 is 19.4 Å². The van der Waals surface area contributed by atoms with Gasteiger partial charge in [-0.3, -0.25) is 4.79 Å². The second-order valence-electron chi connectivity index (χ2n) is 3.42. The molecular formula is C13H17NO4. The van der Waals surface area contributed by atoms with Gasteiger partial charge in [0, 0.05) is 6.54 Å². The first-order chi connectivity index (χ1) is 8.74. The van der Waals surface area contributed by atoms with Crippen molar-refractivity contribution in [3.63, 3.8) is 0 Å². The molecule has 2 N–H and O–H groups in total. The number of ether oxygens (including phenoxy) is 2. The second-order valence-corrected chi connectivity index (χ2v) is 3.42. The zero-order valence-electron chi connectivity index (χ0n) is 10.3. The zero-order valence-corrected chi connectivity index (χ0v) is 10.3. The number of methoxy groups -OCH3 is 1. The minimum atomic E-state index is -0.318.